The first-order chi connectivity index (χ1) is 13.5. The Hall–Kier alpha value is -3.33. The van der Waals surface area contributed by atoms with Crippen molar-refractivity contribution in [2.45, 2.75) is 4.90 Å². The SMILES string of the molecule is CNC(=O)c1cnc(Nc2ccc(F)cn2)cc1Nc1ccccc1S(C)=O. The maximum absolute atomic E-state index is 13.0. The number of aromatic nitrogens is 2. The van der Waals surface area contributed by atoms with Gasteiger partial charge in [0.25, 0.3) is 5.91 Å². The molecule has 3 N–H and O–H groups in total. The fourth-order valence-corrected chi connectivity index (χ4v) is 3.19. The molecule has 1 amide bonds. The minimum absolute atomic E-state index is 0.316. The Labute approximate surface area is 163 Å². The number of pyridine rings is 2. The van der Waals surface area contributed by atoms with Crippen LogP contribution in [-0.2, 0) is 10.8 Å². The Morgan fingerprint density at radius 3 is 2.43 bits per heavy atom. The zero-order valence-corrected chi connectivity index (χ0v) is 16.0. The summed E-state index contributed by atoms with van der Waals surface area (Å²) >= 11 is 0. The van der Waals surface area contributed by atoms with Crippen molar-refractivity contribution in [3.63, 3.8) is 0 Å². The van der Waals surface area contributed by atoms with Gasteiger partial charge in [-0.1, -0.05) is 12.1 Å². The molecule has 0 spiro atoms. The lowest BCUT2D eigenvalue weighted by Crippen LogP contribution is -2.19. The molecule has 1 unspecified atom stereocenters. The molecule has 0 aliphatic heterocycles. The van der Waals surface area contributed by atoms with Gasteiger partial charge in [-0.3, -0.25) is 9.00 Å². The smallest absolute Gasteiger partial charge is 0.254 e. The molecule has 144 valence electrons. The molecule has 0 bridgehead atoms. The van der Waals surface area contributed by atoms with Crippen LogP contribution in [0.5, 0.6) is 0 Å². The molecule has 0 aliphatic carbocycles. The number of para-hydroxylation sites is 1. The van der Waals surface area contributed by atoms with E-state index in [2.05, 4.69) is 25.9 Å². The minimum atomic E-state index is -1.21. The van der Waals surface area contributed by atoms with Crippen molar-refractivity contribution < 1.29 is 13.4 Å². The Kier molecular flexibility index (Phi) is 5.95. The van der Waals surface area contributed by atoms with Crippen LogP contribution in [-0.4, -0.2) is 33.4 Å². The number of carbonyl (C=O) groups is 1. The van der Waals surface area contributed by atoms with Crippen LogP contribution in [0.4, 0.5) is 27.4 Å². The van der Waals surface area contributed by atoms with Crippen LogP contribution in [0.25, 0.3) is 0 Å². The van der Waals surface area contributed by atoms with Crippen molar-refractivity contribution in [3.05, 3.63) is 66.2 Å². The molecule has 2 aromatic heterocycles. The summed E-state index contributed by atoms with van der Waals surface area (Å²) in [4.78, 5) is 21.0. The zero-order chi connectivity index (χ0) is 20.1. The van der Waals surface area contributed by atoms with Crippen LogP contribution in [0.2, 0.25) is 0 Å². The van der Waals surface area contributed by atoms with E-state index in [9.17, 15) is 13.4 Å². The average Bonchev–Trinajstić information content (AvgIpc) is 2.69. The minimum Gasteiger partial charge on any atom is -0.355 e. The maximum atomic E-state index is 13.0. The van der Waals surface area contributed by atoms with Crippen LogP contribution < -0.4 is 16.0 Å². The topological polar surface area (TPSA) is 96.0 Å². The molecule has 9 heteroatoms. The highest BCUT2D eigenvalue weighted by molar-refractivity contribution is 7.84. The first kappa shape index (κ1) is 19.4. The van der Waals surface area contributed by atoms with Gasteiger partial charge in [0.15, 0.2) is 0 Å². The molecule has 0 aliphatic rings. The van der Waals surface area contributed by atoms with Gasteiger partial charge in [-0.2, -0.15) is 0 Å². The highest BCUT2D eigenvalue weighted by Gasteiger charge is 2.15. The van der Waals surface area contributed by atoms with E-state index in [1.165, 1.54) is 25.4 Å². The lowest BCUT2D eigenvalue weighted by molar-refractivity contribution is 0.0963. The van der Waals surface area contributed by atoms with Gasteiger partial charge in [-0.15, -0.1) is 0 Å². The summed E-state index contributed by atoms with van der Waals surface area (Å²) in [5.74, 6) is 0.0449. The van der Waals surface area contributed by atoms with E-state index < -0.39 is 16.6 Å². The van der Waals surface area contributed by atoms with Gasteiger partial charge in [-0.05, 0) is 24.3 Å². The summed E-state index contributed by atoms with van der Waals surface area (Å²) in [5.41, 5.74) is 1.40. The molecular weight excluding hydrogens is 381 g/mol. The van der Waals surface area contributed by atoms with Gasteiger partial charge in [0, 0.05) is 25.6 Å². The Balaban J connectivity index is 1.98. The number of hydrogen-bond acceptors (Lipinski definition) is 6. The van der Waals surface area contributed by atoms with E-state index in [1.54, 1.807) is 36.6 Å². The molecule has 28 heavy (non-hydrogen) atoms. The Bertz CT molecular complexity index is 1030. The summed E-state index contributed by atoms with van der Waals surface area (Å²) in [7, 11) is 0.311. The third kappa shape index (κ3) is 4.49. The fourth-order valence-electron chi connectivity index (χ4n) is 2.49. The van der Waals surface area contributed by atoms with Crippen LogP contribution in [0, 0.1) is 5.82 Å². The second kappa shape index (κ2) is 8.57. The number of hydrogen-bond donors (Lipinski definition) is 3. The second-order valence-corrected chi connectivity index (χ2v) is 7.10. The molecule has 0 fully saturated rings. The van der Waals surface area contributed by atoms with Gasteiger partial charge in [0.2, 0.25) is 0 Å². The number of carbonyl (C=O) groups excluding carboxylic acids is 1. The number of nitrogens with zero attached hydrogens (tertiary/aromatic N) is 2. The molecule has 3 rings (SSSR count). The molecule has 2 heterocycles. The van der Waals surface area contributed by atoms with Crippen molar-refractivity contribution >= 4 is 39.7 Å². The summed E-state index contributed by atoms with van der Waals surface area (Å²) < 4.78 is 25.0. The normalized spacial score (nSPS) is 11.5. The maximum Gasteiger partial charge on any atom is 0.254 e. The molecule has 7 nitrogen and oxygen atoms in total. The zero-order valence-electron chi connectivity index (χ0n) is 15.2. The van der Waals surface area contributed by atoms with Crippen LogP contribution in [0.3, 0.4) is 0 Å². The van der Waals surface area contributed by atoms with E-state index in [4.69, 9.17) is 0 Å². The summed E-state index contributed by atoms with van der Waals surface area (Å²) in [6.45, 7) is 0. The molecule has 0 saturated heterocycles. The molecule has 0 radical (unpaired) electrons. The van der Waals surface area contributed by atoms with E-state index in [1.807, 2.05) is 0 Å². The first-order valence-electron chi connectivity index (χ1n) is 8.28. The number of amides is 1. The van der Waals surface area contributed by atoms with Crippen molar-refractivity contribution in [1.82, 2.24) is 15.3 Å². The summed E-state index contributed by atoms with van der Waals surface area (Å²) in [5, 5.41) is 8.68. The highest BCUT2D eigenvalue weighted by Crippen LogP contribution is 2.27. The quantitative estimate of drug-likeness (QED) is 0.589. The first-order valence-corrected chi connectivity index (χ1v) is 9.84. The molecule has 3 aromatic rings. The number of rotatable bonds is 6. The monoisotopic (exact) mass is 399 g/mol. The fraction of sp³-hybridized carbons (Fsp3) is 0.105. The predicted octanol–water partition coefficient (Wildman–Crippen LogP) is 3.20. The standard InChI is InChI=1S/C19H18FN5O2S/c1-21-19(26)13-11-23-18(25-17-8-7-12(20)10-22-17)9-15(13)24-14-5-3-4-6-16(14)28(2)27/h3-11H,1-2H3,(H,21,26)(H2,22,23,24,25). The Morgan fingerprint density at radius 1 is 1.00 bits per heavy atom. The van der Waals surface area contributed by atoms with Gasteiger partial charge in [0.1, 0.15) is 17.5 Å². The number of halogens is 1. The van der Waals surface area contributed by atoms with E-state index >= 15 is 0 Å². The lowest BCUT2D eigenvalue weighted by atomic mass is 10.2. The highest BCUT2D eigenvalue weighted by atomic mass is 32.2. The van der Waals surface area contributed by atoms with Gasteiger partial charge >= 0.3 is 0 Å². The molecule has 1 atom stereocenters. The lowest BCUT2D eigenvalue weighted by Gasteiger charge is -2.15. The van der Waals surface area contributed by atoms with Crippen LogP contribution >= 0.6 is 0 Å². The number of benzene rings is 1. The predicted molar refractivity (Wildman–Crippen MR) is 107 cm³/mol. The van der Waals surface area contributed by atoms with Crippen molar-refractivity contribution in [2.24, 2.45) is 0 Å². The van der Waals surface area contributed by atoms with E-state index in [0.29, 0.717) is 33.5 Å². The largest absolute Gasteiger partial charge is 0.355 e. The van der Waals surface area contributed by atoms with Crippen LogP contribution in [0.15, 0.2) is 59.8 Å². The van der Waals surface area contributed by atoms with Crippen molar-refractivity contribution in [3.8, 4) is 0 Å². The van der Waals surface area contributed by atoms with Crippen LogP contribution in [0.1, 0.15) is 10.4 Å². The summed E-state index contributed by atoms with van der Waals surface area (Å²) in [6, 6.07) is 11.5. The third-order valence-electron chi connectivity index (χ3n) is 3.83. The van der Waals surface area contributed by atoms with Gasteiger partial charge in [0.05, 0.1) is 38.8 Å². The average molecular weight is 399 g/mol. The van der Waals surface area contributed by atoms with Crippen molar-refractivity contribution in [1.29, 1.82) is 0 Å². The van der Waals surface area contributed by atoms with E-state index in [0.717, 1.165) is 6.20 Å². The number of nitrogens with one attached hydrogen (secondary N) is 3. The molecule has 1 aromatic carbocycles. The molecular formula is C19H18FN5O2S. The van der Waals surface area contributed by atoms with E-state index in [-0.39, 0.29) is 5.91 Å². The van der Waals surface area contributed by atoms with Gasteiger partial charge in [-0.25, -0.2) is 14.4 Å². The number of anilines is 4. The van der Waals surface area contributed by atoms with Crippen molar-refractivity contribution in [2.75, 3.05) is 23.9 Å². The third-order valence-corrected chi connectivity index (χ3v) is 4.80. The second-order valence-electron chi connectivity index (χ2n) is 5.76. The molecule has 0 saturated carbocycles. The summed E-state index contributed by atoms with van der Waals surface area (Å²) in [6.07, 6.45) is 4.09. The van der Waals surface area contributed by atoms with Gasteiger partial charge < -0.3 is 16.0 Å². The Morgan fingerprint density at radius 2 is 1.75 bits per heavy atom.